The lowest BCUT2D eigenvalue weighted by Gasteiger charge is -2.43. The molecule has 0 aliphatic carbocycles. The molecule has 0 amide bonds. The van der Waals surface area contributed by atoms with Crippen LogP contribution in [0.5, 0.6) is 11.5 Å². The second-order valence-corrected chi connectivity index (χ2v) is 10.9. The van der Waals surface area contributed by atoms with Gasteiger partial charge in [-0.25, -0.2) is 9.55 Å². The topological polar surface area (TPSA) is 69.5 Å². The van der Waals surface area contributed by atoms with Crippen LogP contribution in [-0.2, 0) is 11.1 Å². The van der Waals surface area contributed by atoms with Gasteiger partial charge in [-0.1, -0.05) is 63.1 Å². The molecule has 4 rings (SSSR count). The Bertz CT molecular complexity index is 1190. The molecule has 32 heavy (non-hydrogen) atoms. The van der Waals surface area contributed by atoms with E-state index in [9.17, 15) is 4.57 Å². The van der Waals surface area contributed by atoms with E-state index >= 15 is 0 Å². The first-order valence-corrected chi connectivity index (χ1v) is 12.0. The van der Waals surface area contributed by atoms with Crippen molar-refractivity contribution in [1.29, 1.82) is 0 Å². The number of fused-ring (bicyclic) bond motifs is 1. The summed E-state index contributed by atoms with van der Waals surface area (Å²) in [5, 5.41) is 4.55. The highest BCUT2D eigenvalue weighted by molar-refractivity contribution is 7.55. The highest BCUT2D eigenvalue weighted by Gasteiger charge is 2.47. The molecule has 1 aliphatic rings. The van der Waals surface area contributed by atoms with Crippen LogP contribution < -0.4 is 9.26 Å². The van der Waals surface area contributed by atoms with Crippen molar-refractivity contribution in [2.75, 3.05) is 6.61 Å². The number of hydrogen-bond donors (Lipinski definition) is 0. The van der Waals surface area contributed by atoms with Gasteiger partial charge in [-0.2, -0.15) is 9.12 Å². The smallest absolute Gasteiger partial charge is 0.444 e. The number of benzene rings is 2. The van der Waals surface area contributed by atoms with E-state index in [1.54, 1.807) is 6.07 Å². The summed E-state index contributed by atoms with van der Waals surface area (Å²) in [6.07, 6.45) is 6.78. The van der Waals surface area contributed by atoms with Gasteiger partial charge in [0.2, 0.25) is 0 Å². The molecule has 0 saturated carbocycles. The van der Waals surface area contributed by atoms with Gasteiger partial charge >= 0.3 is 7.67 Å². The van der Waals surface area contributed by atoms with Crippen molar-refractivity contribution < 1.29 is 13.8 Å². The number of hydrogen-bond acceptors (Lipinski definition) is 5. The van der Waals surface area contributed by atoms with Crippen LogP contribution in [0.2, 0.25) is 0 Å². The van der Waals surface area contributed by atoms with E-state index in [1.165, 1.54) is 10.8 Å². The zero-order chi connectivity index (χ0) is 22.9. The van der Waals surface area contributed by atoms with Crippen molar-refractivity contribution in [2.24, 2.45) is 5.41 Å². The van der Waals surface area contributed by atoms with Crippen molar-refractivity contribution in [3.05, 3.63) is 60.4 Å². The molecule has 1 unspecified atom stereocenters. The first-order chi connectivity index (χ1) is 15.2. The van der Waals surface area contributed by atoms with Crippen molar-refractivity contribution in [3.8, 4) is 35.2 Å². The summed E-state index contributed by atoms with van der Waals surface area (Å²) in [5.41, 5.74) is 1.62. The second-order valence-electron chi connectivity index (χ2n) is 8.84. The van der Waals surface area contributed by atoms with Gasteiger partial charge in [0.15, 0.2) is 5.82 Å². The molecule has 2 atom stereocenters. The van der Waals surface area contributed by atoms with Gasteiger partial charge < -0.3 is 9.26 Å². The molecule has 0 fully saturated rings. The van der Waals surface area contributed by atoms with Gasteiger partial charge in [-0.15, -0.1) is 11.5 Å². The number of rotatable bonds is 5. The van der Waals surface area contributed by atoms with Crippen LogP contribution >= 0.6 is 7.67 Å². The third-order valence-electron chi connectivity index (χ3n) is 5.71. The Morgan fingerprint density at radius 2 is 2.00 bits per heavy atom. The molecule has 0 bridgehead atoms. The molecule has 166 valence electrons. The minimum atomic E-state index is -3.63. The maximum absolute atomic E-state index is 14.5. The Morgan fingerprint density at radius 1 is 1.25 bits per heavy atom. The molecule has 0 radical (unpaired) electrons. The van der Waals surface area contributed by atoms with E-state index in [2.05, 4.69) is 43.7 Å². The molecule has 3 aromatic rings. The minimum Gasteiger partial charge on any atom is -0.481 e. The van der Waals surface area contributed by atoms with Crippen LogP contribution in [0.1, 0.15) is 33.3 Å². The van der Waals surface area contributed by atoms with Crippen LogP contribution in [-0.4, -0.2) is 31.9 Å². The standard InChI is InChI=1S/C24H27N4O3P/c1-6-14-30-21-13-12-20-16-27(18(2)24(3,4)5)32(29,31-22(20)15-21)28-17-25-23(26-28)19-10-8-7-9-11-19/h1,7-13,15,17-18H,14,16H2,2-5H3/t18-,32?/m0/s1. The molecule has 0 saturated heterocycles. The Morgan fingerprint density at radius 3 is 2.69 bits per heavy atom. The number of ether oxygens (including phenoxy) is 1. The molecular weight excluding hydrogens is 423 g/mol. The molecular formula is C24H27N4O3P. The van der Waals surface area contributed by atoms with Gasteiger partial charge in [-0.3, -0.25) is 0 Å². The highest BCUT2D eigenvalue weighted by Crippen LogP contribution is 2.59. The van der Waals surface area contributed by atoms with Crippen LogP contribution in [0.15, 0.2) is 54.9 Å². The van der Waals surface area contributed by atoms with Crippen LogP contribution in [0.25, 0.3) is 11.4 Å². The van der Waals surface area contributed by atoms with Gasteiger partial charge in [0.25, 0.3) is 0 Å². The lowest BCUT2D eigenvalue weighted by Crippen LogP contribution is -2.43. The van der Waals surface area contributed by atoms with Crippen molar-refractivity contribution in [2.45, 2.75) is 40.3 Å². The summed E-state index contributed by atoms with van der Waals surface area (Å²) in [6.45, 7) is 9.00. The largest absolute Gasteiger partial charge is 0.481 e. The fourth-order valence-electron chi connectivity index (χ4n) is 3.47. The maximum Gasteiger partial charge on any atom is 0.444 e. The maximum atomic E-state index is 14.5. The molecule has 2 heterocycles. The lowest BCUT2D eigenvalue weighted by atomic mass is 9.88. The molecule has 1 aromatic heterocycles. The van der Waals surface area contributed by atoms with E-state index in [0.29, 0.717) is 23.9 Å². The fraction of sp³-hybridized carbons (Fsp3) is 0.333. The SMILES string of the molecule is C#CCOc1ccc2c(c1)OP(=O)(n1cnc(-c3ccccc3)n1)N([C@@H](C)C(C)(C)C)C2. The number of nitrogens with zero attached hydrogens (tertiary/aromatic N) is 4. The summed E-state index contributed by atoms with van der Waals surface area (Å²) in [6, 6.07) is 15.0. The van der Waals surface area contributed by atoms with Crippen LogP contribution in [0.4, 0.5) is 0 Å². The first-order valence-electron chi connectivity index (χ1n) is 10.5. The number of terminal acetylenes is 1. The highest BCUT2D eigenvalue weighted by atomic mass is 31.2. The van der Waals surface area contributed by atoms with E-state index in [0.717, 1.165) is 11.1 Å². The summed E-state index contributed by atoms with van der Waals surface area (Å²) in [4.78, 5) is 4.40. The number of aromatic nitrogens is 3. The third kappa shape index (κ3) is 4.17. The van der Waals surface area contributed by atoms with Crippen molar-refractivity contribution in [1.82, 2.24) is 19.2 Å². The Labute approximate surface area is 188 Å². The van der Waals surface area contributed by atoms with Gasteiger partial charge in [0, 0.05) is 29.8 Å². The molecule has 2 aromatic carbocycles. The van der Waals surface area contributed by atoms with Gasteiger partial charge in [0.1, 0.15) is 24.4 Å². The van der Waals surface area contributed by atoms with Crippen molar-refractivity contribution >= 4 is 7.67 Å². The predicted octanol–water partition coefficient (Wildman–Crippen LogP) is 5.24. The molecule has 0 spiro atoms. The summed E-state index contributed by atoms with van der Waals surface area (Å²) >= 11 is 0. The second kappa shape index (κ2) is 8.46. The quantitative estimate of drug-likeness (QED) is 0.391. The zero-order valence-electron chi connectivity index (χ0n) is 18.7. The van der Waals surface area contributed by atoms with E-state index in [4.69, 9.17) is 15.7 Å². The molecule has 8 heteroatoms. The third-order valence-corrected chi connectivity index (χ3v) is 7.99. The molecule has 0 N–H and O–H groups in total. The Hall–Kier alpha value is -3.07. The Balaban J connectivity index is 1.77. The van der Waals surface area contributed by atoms with Gasteiger partial charge in [0.05, 0.1) is 0 Å². The van der Waals surface area contributed by atoms with E-state index < -0.39 is 7.67 Å². The first kappa shape index (κ1) is 22.1. The summed E-state index contributed by atoms with van der Waals surface area (Å²) in [7, 11) is -3.63. The van der Waals surface area contributed by atoms with E-state index in [-0.39, 0.29) is 18.1 Å². The normalized spacial score (nSPS) is 19.5. The lowest BCUT2D eigenvalue weighted by molar-refractivity contribution is 0.159. The average Bonchev–Trinajstić information content (AvgIpc) is 3.28. The Kier molecular flexibility index (Phi) is 5.85. The summed E-state index contributed by atoms with van der Waals surface area (Å²) in [5.74, 6) is 4.00. The van der Waals surface area contributed by atoms with Gasteiger partial charge in [-0.05, 0) is 18.4 Å². The molecule has 7 nitrogen and oxygen atoms in total. The molecule has 1 aliphatic heterocycles. The zero-order valence-corrected chi connectivity index (χ0v) is 19.6. The van der Waals surface area contributed by atoms with E-state index in [1.807, 2.05) is 47.1 Å². The predicted molar refractivity (Wildman–Crippen MR) is 124 cm³/mol. The average molecular weight is 450 g/mol. The van der Waals surface area contributed by atoms with Crippen LogP contribution in [0, 0.1) is 17.8 Å². The minimum absolute atomic E-state index is 0.0665. The summed E-state index contributed by atoms with van der Waals surface area (Å²) < 4.78 is 29.5. The van der Waals surface area contributed by atoms with Crippen molar-refractivity contribution in [3.63, 3.8) is 0 Å². The van der Waals surface area contributed by atoms with Crippen LogP contribution in [0.3, 0.4) is 0 Å². The fourth-order valence-corrected chi connectivity index (χ4v) is 5.81. The monoisotopic (exact) mass is 450 g/mol.